The van der Waals surface area contributed by atoms with E-state index in [-0.39, 0.29) is 5.91 Å². The second-order valence-corrected chi connectivity index (χ2v) is 7.47. The third-order valence-corrected chi connectivity index (χ3v) is 5.50. The molecular weight excluding hydrogens is 290 g/mol. The van der Waals surface area contributed by atoms with Crippen LogP contribution in [0.25, 0.3) is 0 Å². The van der Waals surface area contributed by atoms with Gasteiger partial charge in [-0.05, 0) is 51.6 Å². The molecule has 3 aliphatic heterocycles. The predicted molar refractivity (Wildman–Crippen MR) is 91.5 cm³/mol. The first-order valence-corrected chi connectivity index (χ1v) is 9.65. The molecule has 132 valence electrons. The van der Waals surface area contributed by atoms with Crippen LogP contribution < -0.4 is 5.32 Å². The zero-order valence-electron chi connectivity index (χ0n) is 14.5. The summed E-state index contributed by atoms with van der Waals surface area (Å²) in [4.78, 5) is 17.1. The maximum absolute atomic E-state index is 12.3. The summed E-state index contributed by atoms with van der Waals surface area (Å²) in [6.07, 6.45) is 10.2. The summed E-state index contributed by atoms with van der Waals surface area (Å²) < 4.78 is 5.72. The van der Waals surface area contributed by atoms with Crippen molar-refractivity contribution < 1.29 is 9.53 Å². The Morgan fingerprint density at radius 2 is 1.65 bits per heavy atom. The Morgan fingerprint density at radius 3 is 2.30 bits per heavy atom. The molecule has 3 saturated heterocycles. The average molecular weight is 323 g/mol. The van der Waals surface area contributed by atoms with Crippen LogP contribution in [0.2, 0.25) is 0 Å². The number of nitrogens with zero attached hydrogens (tertiary/aromatic N) is 2. The van der Waals surface area contributed by atoms with Gasteiger partial charge in [0.15, 0.2) is 0 Å². The number of piperidine rings is 1. The fraction of sp³-hybridized carbons (Fsp3) is 0.944. The fourth-order valence-electron chi connectivity index (χ4n) is 4.11. The smallest absolute Gasteiger partial charge is 0.234 e. The molecule has 0 radical (unpaired) electrons. The molecule has 0 aliphatic carbocycles. The number of amides is 1. The lowest BCUT2D eigenvalue weighted by Crippen LogP contribution is -2.48. The van der Waals surface area contributed by atoms with Crippen LogP contribution >= 0.6 is 0 Å². The minimum Gasteiger partial charge on any atom is -0.377 e. The molecule has 0 aromatic heterocycles. The van der Waals surface area contributed by atoms with Gasteiger partial charge in [0.25, 0.3) is 0 Å². The van der Waals surface area contributed by atoms with Gasteiger partial charge in [-0.15, -0.1) is 0 Å². The van der Waals surface area contributed by atoms with Crippen molar-refractivity contribution in [1.82, 2.24) is 15.1 Å². The third kappa shape index (κ3) is 5.73. The van der Waals surface area contributed by atoms with E-state index in [1.54, 1.807) is 0 Å². The molecule has 3 rings (SSSR count). The predicted octanol–water partition coefficient (Wildman–Crippen LogP) is 1.62. The molecule has 3 aliphatic rings. The summed E-state index contributed by atoms with van der Waals surface area (Å²) in [6, 6.07) is 0.371. The normalized spacial score (nSPS) is 28.6. The standard InChI is InChI=1S/C18H33N3O2/c22-18(15-20-9-3-1-2-4-10-20)19-16-7-11-21(12-8-16)14-17-6-5-13-23-17/h16-17H,1-15H2,(H,19,22). The van der Waals surface area contributed by atoms with E-state index in [2.05, 4.69) is 15.1 Å². The minimum absolute atomic E-state index is 0.226. The van der Waals surface area contributed by atoms with Crippen LogP contribution in [-0.2, 0) is 9.53 Å². The molecule has 1 atom stereocenters. The van der Waals surface area contributed by atoms with Crippen molar-refractivity contribution in [2.45, 2.75) is 63.5 Å². The molecule has 0 aromatic carbocycles. The molecule has 0 bridgehead atoms. The molecule has 5 heteroatoms. The van der Waals surface area contributed by atoms with Gasteiger partial charge in [-0.1, -0.05) is 12.8 Å². The number of carbonyl (C=O) groups is 1. The number of hydrogen-bond donors (Lipinski definition) is 1. The van der Waals surface area contributed by atoms with Crippen LogP contribution in [0, 0.1) is 0 Å². The average Bonchev–Trinajstić information content (AvgIpc) is 2.92. The van der Waals surface area contributed by atoms with Crippen LogP contribution in [0.15, 0.2) is 0 Å². The van der Waals surface area contributed by atoms with Gasteiger partial charge in [0.1, 0.15) is 0 Å². The van der Waals surface area contributed by atoms with Crippen molar-refractivity contribution in [3.05, 3.63) is 0 Å². The topological polar surface area (TPSA) is 44.8 Å². The van der Waals surface area contributed by atoms with Crippen LogP contribution in [0.1, 0.15) is 51.4 Å². The summed E-state index contributed by atoms with van der Waals surface area (Å²) in [5.74, 6) is 0.226. The van der Waals surface area contributed by atoms with Crippen molar-refractivity contribution >= 4 is 5.91 Å². The highest BCUT2D eigenvalue weighted by atomic mass is 16.5. The maximum Gasteiger partial charge on any atom is 0.234 e. The van der Waals surface area contributed by atoms with E-state index >= 15 is 0 Å². The molecule has 0 saturated carbocycles. The molecular formula is C18H33N3O2. The minimum atomic E-state index is 0.226. The molecule has 23 heavy (non-hydrogen) atoms. The first-order valence-electron chi connectivity index (χ1n) is 9.65. The molecule has 0 spiro atoms. The number of nitrogens with one attached hydrogen (secondary N) is 1. The molecule has 1 N–H and O–H groups in total. The van der Waals surface area contributed by atoms with Gasteiger partial charge in [0, 0.05) is 32.3 Å². The van der Waals surface area contributed by atoms with E-state index in [0.29, 0.717) is 18.7 Å². The molecule has 3 heterocycles. The third-order valence-electron chi connectivity index (χ3n) is 5.50. The van der Waals surface area contributed by atoms with Crippen LogP contribution in [0.3, 0.4) is 0 Å². The van der Waals surface area contributed by atoms with E-state index < -0.39 is 0 Å². The molecule has 5 nitrogen and oxygen atoms in total. The second kappa shape index (κ2) is 9.00. The monoisotopic (exact) mass is 323 g/mol. The Bertz CT molecular complexity index is 355. The molecule has 3 fully saturated rings. The Hall–Kier alpha value is -0.650. The lowest BCUT2D eigenvalue weighted by Gasteiger charge is -2.34. The van der Waals surface area contributed by atoms with Gasteiger partial charge in [-0.25, -0.2) is 0 Å². The summed E-state index contributed by atoms with van der Waals surface area (Å²) >= 11 is 0. The van der Waals surface area contributed by atoms with E-state index in [0.717, 1.165) is 52.2 Å². The lowest BCUT2D eigenvalue weighted by molar-refractivity contribution is -0.123. The van der Waals surface area contributed by atoms with Crippen LogP contribution in [0.4, 0.5) is 0 Å². The van der Waals surface area contributed by atoms with E-state index in [1.165, 1.54) is 38.5 Å². The number of carbonyl (C=O) groups excluding carboxylic acids is 1. The van der Waals surface area contributed by atoms with E-state index in [4.69, 9.17) is 4.74 Å². The largest absolute Gasteiger partial charge is 0.377 e. The van der Waals surface area contributed by atoms with Crippen molar-refractivity contribution in [1.29, 1.82) is 0 Å². The Labute approximate surface area is 140 Å². The first kappa shape index (κ1) is 17.2. The zero-order chi connectivity index (χ0) is 15.9. The van der Waals surface area contributed by atoms with Gasteiger partial charge < -0.3 is 15.0 Å². The highest BCUT2D eigenvalue weighted by molar-refractivity contribution is 5.78. The first-order chi connectivity index (χ1) is 11.3. The van der Waals surface area contributed by atoms with E-state index in [1.807, 2.05) is 0 Å². The molecule has 1 amide bonds. The summed E-state index contributed by atoms with van der Waals surface area (Å²) in [6.45, 7) is 6.97. The van der Waals surface area contributed by atoms with Crippen LogP contribution in [0.5, 0.6) is 0 Å². The highest BCUT2D eigenvalue weighted by Gasteiger charge is 2.25. The van der Waals surface area contributed by atoms with E-state index in [9.17, 15) is 4.79 Å². The molecule has 0 aromatic rings. The quantitative estimate of drug-likeness (QED) is 0.835. The lowest BCUT2D eigenvalue weighted by atomic mass is 10.0. The number of rotatable bonds is 5. The number of ether oxygens (including phenoxy) is 1. The second-order valence-electron chi connectivity index (χ2n) is 7.47. The molecule has 1 unspecified atom stereocenters. The van der Waals surface area contributed by atoms with Gasteiger partial charge in [-0.2, -0.15) is 0 Å². The van der Waals surface area contributed by atoms with Gasteiger partial charge >= 0.3 is 0 Å². The highest BCUT2D eigenvalue weighted by Crippen LogP contribution is 2.17. The summed E-state index contributed by atoms with van der Waals surface area (Å²) in [5.41, 5.74) is 0. The summed E-state index contributed by atoms with van der Waals surface area (Å²) in [7, 11) is 0. The Balaban J connectivity index is 1.32. The Morgan fingerprint density at radius 1 is 0.913 bits per heavy atom. The summed E-state index contributed by atoms with van der Waals surface area (Å²) in [5, 5.41) is 3.26. The van der Waals surface area contributed by atoms with Gasteiger partial charge in [0.2, 0.25) is 5.91 Å². The number of likely N-dealkylation sites (tertiary alicyclic amines) is 2. The van der Waals surface area contributed by atoms with Gasteiger partial charge in [0.05, 0.1) is 12.6 Å². The van der Waals surface area contributed by atoms with Crippen LogP contribution in [-0.4, -0.2) is 73.7 Å². The van der Waals surface area contributed by atoms with Crippen molar-refractivity contribution in [2.75, 3.05) is 45.9 Å². The van der Waals surface area contributed by atoms with Crippen molar-refractivity contribution in [3.63, 3.8) is 0 Å². The number of hydrogen-bond acceptors (Lipinski definition) is 4. The maximum atomic E-state index is 12.3. The fourth-order valence-corrected chi connectivity index (χ4v) is 4.11. The van der Waals surface area contributed by atoms with Crippen molar-refractivity contribution in [2.24, 2.45) is 0 Å². The SMILES string of the molecule is O=C(CN1CCCCCC1)NC1CCN(CC2CCCO2)CC1. The van der Waals surface area contributed by atoms with Gasteiger partial charge in [-0.3, -0.25) is 9.69 Å². The van der Waals surface area contributed by atoms with Crippen molar-refractivity contribution in [3.8, 4) is 0 Å². The Kier molecular flexibility index (Phi) is 6.72. The zero-order valence-corrected chi connectivity index (χ0v) is 14.5.